The summed E-state index contributed by atoms with van der Waals surface area (Å²) >= 11 is 0. The molecule has 1 saturated heterocycles. The van der Waals surface area contributed by atoms with Gasteiger partial charge in [-0.05, 0) is 53.8 Å². The Kier molecular flexibility index (Phi) is 5.28. The molecule has 5 nitrogen and oxygen atoms in total. The number of aryl methyl sites for hydroxylation is 2. The summed E-state index contributed by atoms with van der Waals surface area (Å²) in [5.41, 5.74) is 4.34. The molecular weight excluding hydrogens is 408 g/mol. The molecule has 0 spiro atoms. The van der Waals surface area contributed by atoms with E-state index in [4.69, 9.17) is 0 Å². The number of rotatable bonds is 5. The number of benzene rings is 3. The fraction of sp³-hybridized carbons (Fsp3) is 0.320. The van der Waals surface area contributed by atoms with Crippen molar-refractivity contribution >= 4 is 32.4 Å². The molecule has 6 heteroatoms. The number of nitrogens with zero attached hydrogens (tertiary/aromatic N) is 1. The van der Waals surface area contributed by atoms with Crippen LogP contribution in [-0.2, 0) is 33.4 Å². The summed E-state index contributed by atoms with van der Waals surface area (Å²) in [6, 6.07) is 19.6. The van der Waals surface area contributed by atoms with Crippen LogP contribution in [-0.4, -0.2) is 31.7 Å². The van der Waals surface area contributed by atoms with E-state index in [0.29, 0.717) is 25.9 Å². The maximum atomic E-state index is 13.0. The van der Waals surface area contributed by atoms with Crippen LogP contribution in [0.1, 0.15) is 29.5 Å². The first-order valence-electron chi connectivity index (χ1n) is 10.9. The van der Waals surface area contributed by atoms with E-state index < -0.39 is 10.0 Å². The highest BCUT2D eigenvalue weighted by Gasteiger charge is 2.31. The molecule has 160 valence electrons. The number of carbonyl (C=O) groups excluding carboxylic acids is 1. The van der Waals surface area contributed by atoms with E-state index >= 15 is 0 Å². The highest BCUT2D eigenvalue weighted by atomic mass is 32.2. The number of carbonyl (C=O) groups is 1. The molecule has 3 aromatic rings. The second-order valence-electron chi connectivity index (χ2n) is 8.52. The van der Waals surface area contributed by atoms with Gasteiger partial charge in [0, 0.05) is 30.1 Å². The fourth-order valence-electron chi connectivity index (χ4n) is 4.86. The van der Waals surface area contributed by atoms with Crippen molar-refractivity contribution in [3.8, 4) is 0 Å². The lowest BCUT2D eigenvalue weighted by atomic mass is 9.96. The number of piperidine rings is 1. The van der Waals surface area contributed by atoms with Crippen LogP contribution < -0.4 is 5.32 Å². The van der Waals surface area contributed by atoms with Gasteiger partial charge >= 0.3 is 0 Å². The zero-order valence-electron chi connectivity index (χ0n) is 17.4. The molecule has 0 atom stereocenters. The fourth-order valence-corrected chi connectivity index (χ4v) is 6.43. The van der Waals surface area contributed by atoms with Crippen LogP contribution in [0.2, 0.25) is 0 Å². The van der Waals surface area contributed by atoms with E-state index in [9.17, 15) is 13.2 Å². The van der Waals surface area contributed by atoms with Gasteiger partial charge in [-0.3, -0.25) is 4.79 Å². The van der Waals surface area contributed by atoms with Crippen molar-refractivity contribution in [2.24, 2.45) is 5.92 Å². The second kappa shape index (κ2) is 8.09. The van der Waals surface area contributed by atoms with Crippen molar-refractivity contribution in [2.75, 3.05) is 18.4 Å². The third kappa shape index (κ3) is 3.98. The Morgan fingerprint density at radius 2 is 1.61 bits per heavy atom. The smallest absolute Gasteiger partial charge is 0.227 e. The Labute approximate surface area is 183 Å². The largest absolute Gasteiger partial charge is 0.325 e. The number of hydrogen-bond donors (Lipinski definition) is 1. The van der Waals surface area contributed by atoms with Crippen molar-refractivity contribution in [3.05, 3.63) is 77.4 Å². The van der Waals surface area contributed by atoms with Gasteiger partial charge in [-0.1, -0.05) is 54.6 Å². The highest BCUT2D eigenvalue weighted by Crippen LogP contribution is 2.35. The molecule has 0 unspecified atom stereocenters. The lowest BCUT2D eigenvalue weighted by Crippen LogP contribution is -2.41. The van der Waals surface area contributed by atoms with Crippen molar-refractivity contribution in [1.82, 2.24) is 4.31 Å². The number of anilines is 1. The summed E-state index contributed by atoms with van der Waals surface area (Å²) < 4.78 is 27.1. The van der Waals surface area contributed by atoms with Gasteiger partial charge in [-0.25, -0.2) is 12.7 Å². The number of nitrogens with one attached hydrogen (secondary N) is 1. The second-order valence-corrected chi connectivity index (χ2v) is 10.5. The first-order chi connectivity index (χ1) is 15.0. The van der Waals surface area contributed by atoms with Gasteiger partial charge in [0.1, 0.15) is 0 Å². The molecule has 0 bridgehead atoms. The lowest BCUT2D eigenvalue weighted by molar-refractivity contribution is -0.120. The molecule has 5 rings (SSSR count). The molecule has 1 aliphatic heterocycles. The van der Waals surface area contributed by atoms with Gasteiger partial charge < -0.3 is 5.32 Å². The van der Waals surface area contributed by atoms with Gasteiger partial charge in [0.2, 0.25) is 15.9 Å². The molecule has 2 aliphatic rings. The van der Waals surface area contributed by atoms with Crippen LogP contribution in [0, 0.1) is 5.92 Å². The Balaban J connectivity index is 1.25. The van der Waals surface area contributed by atoms with Gasteiger partial charge in [0.25, 0.3) is 0 Å². The van der Waals surface area contributed by atoms with Crippen LogP contribution in [0.3, 0.4) is 0 Å². The maximum absolute atomic E-state index is 13.0. The Hall–Kier alpha value is -2.70. The third-order valence-corrected chi connectivity index (χ3v) is 8.39. The van der Waals surface area contributed by atoms with Crippen molar-refractivity contribution < 1.29 is 13.2 Å². The normalized spacial score (nSPS) is 17.2. The molecule has 31 heavy (non-hydrogen) atoms. The minimum absolute atomic E-state index is 0.00533. The SMILES string of the molecule is O=C(Nc1ccc2c3c(cccc13)CC2)C1CCN(S(=O)(=O)Cc2ccccc2)CC1. The Morgan fingerprint density at radius 3 is 2.35 bits per heavy atom. The first kappa shape index (κ1) is 20.2. The average molecular weight is 435 g/mol. The molecule has 0 saturated carbocycles. The highest BCUT2D eigenvalue weighted by molar-refractivity contribution is 7.88. The number of hydrogen-bond acceptors (Lipinski definition) is 3. The lowest BCUT2D eigenvalue weighted by Gasteiger charge is -2.30. The molecule has 1 heterocycles. The van der Waals surface area contributed by atoms with E-state index in [1.54, 1.807) is 0 Å². The van der Waals surface area contributed by atoms with Crippen molar-refractivity contribution in [1.29, 1.82) is 0 Å². The maximum Gasteiger partial charge on any atom is 0.227 e. The van der Waals surface area contributed by atoms with E-state index in [1.165, 1.54) is 20.8 Å². The van der Waals surface area contributed by atoms with E-state index in [-0.39, 0.29) is 17.6 Å². The quantitative estimate of drug-likeness (QED) is 0.657. The number of sulfonamides is 1. The van der Waals surface area contributed by atoms with Crippen LogP contribution >= 0.6 is 0 Å². The zero-order chi connectivity index (χ0) is 21.4. The summed E-state index contributed by atoms with van der Waals surface area (Å²) in [6.45, 7) is 0.772. The van der Waals surface area contributed by atoms with Crippen LogP contribution in [0.25, 0.3) is 10.8 Å². The summed E-state index contributed by atoms with van der Waals surface area (Å²) in [6.07, 6.45) is 3.20. The van der Waals surface area contributed by atoms with Crippen molar-refractivity contribution in [3.63, 3.8) is 0 Å². The molecular formula is C25H26N2O3S. The van der Waals surface area contributed by atoms with E-state index in [1.807, 2.05) is 36.4 Å². The predicted octanol–water partition coefficient (Wildman–Crippen LogP) is 4.12. The first-order valence-corrected chi connectivity index (χ1v) is 12.5. The molecule has 1 amide bonds. The Morgan fingerprint density at radius 1 is 0.903 bits per heavy atom. The van der Waals surface area contributed by atoms with Gasteiger partial charge in [-0.2, -0.15) is 0 Å². The molecule has 3 aromatic carbocycles. The molecule has 1 fully saturated rings. The number of amides is 1. The molecule has 0 aromatic heterocycles. The third-order valence-electron chi connectivity index (χ3n) is 6.54. The average Bonchev–Trinajstić information content (AvgIpc) is 3.21. The van der Waals surface area contributed by atoms with Gasteiger partial charge in [0.15, 0.2) is 0 Å². The van der Waals surface area contributed by atoms with Crippen LogP contribution in [0.4, 0.5) is 5.69 Å². The van der Waals surface area contributed by atoms with Crippen LogP contribution in [0.15, 0.2) is 60.7 Å². The minimum Gasteiger partial charge on any atom is -0.325 e. The predicted molar refractivity (Wildman–Crippen MR) is 123 cm³/mol. The molecule has 0 radical (unpaired) electrons. The summed E-state index contributed by atoms with van der Waals surface area (Å²) in [5.74, 6) is -0.184. The Bertz CT molecular complexity index is 1220. The monoisotopic (exact) mass is 434 g/mol. The molecule has 1 aliphatic carbocycles. The van der Waals surface area contributed by atoms with Crippen molar-refractivity contribution in [2.45, 2.75) is 31.4 Å². The van der Waals surface area contributed by atoms with E-state index in [0.717, 1.165) is 29.5 Å². The topological polar surface area (TPSA) is 66.5 Å². The summed E-state index contributed by atoms with van der Waals surface area (Å²) in [4.78, 5) is 13.0. The van der Waals surface area contributed by atoms with Crippen LogP contribution in [0.5, 0.6) is 0 Å². The van der Waals surface area contributed by atoms with Gasteiger partial charge in [0.05, 0.1) is 5.75 Å². The zero-order valence-corrected chi connectivity index (χ0v) is 18.2. The summed E-state index contributed by atoms with van der Waals surface area (Å²) in [5, 5.41) is 5.50. The van der Waals surface area contributed by atoms with E-state index in [2.05, 4.69) is 29.6 Å². The summed E-state index contributed by atoms with van der Waals surface area (Å²) in [7, 11) is -3.37. The van der Waals surface area contributed by atoms with Gasteiger partial charge in [-0.15, -0.1) is 0 Å². The minimum atomic E-state index is -3.37. The molecule has 1 N–H and O–H groups in total. The standard InChI is InChI=1S/C25H26N2O3S/c28-25(26-23-12-11-20-10-9-19-7-4-8-22(23)24(19)20)21-13-15-27(16-14-21)31(29,30)17-18-5-2-1-3-6-18/h1-8,11-12,21H,9-10,13-17H2,(H,26,28).